The molecule has 1 unspecified atom stereocenters. The van der Waals surface area contributed by atoms with Crippen LogP contribution < -0.4 is 16.1 Å². The number of carbonyl (C=O) groups is 3. The molecule has 8 nitrogen and oxygen atoms in total. The zero-order valence-corrected chi connectivity index (χ0v) is 17.9. The first-order valence-electron chi connectivity index (χ1n) is 9.74. The van der Waals surface area contributed by atoms with Crippen molar-refractivity contribution in [3.8, 4) is 0 Å². The van der Waals surface area contributed by atoms with Crippen molar-refractivity contribution in [2.45, 2.75) is 65.5 Å². The van der Waals surface area contributed by atoms with Crippen molar-refractivity contribution >= 4 is 24.1 Å². The second-order valence-corrected chi connectivity index (χ2v) is 7.66. The maximum Gasteiger partial charge on any atom is 0.408 e. The zero-order chi connectivity index (χ0) is 21.9. The number of amides is 3. The van der Waals surface area contributed by atoms with Crippen molar-refractivity contribution in [3.63, 3.8) is 0 Å². The van der Waals surface area contributed by atoms with Crippen molar-refractivity contribution in [1.29, 1.82) is 0 Å². The lowest BCUT2D eigenvalue weighted by molar-refractivity contribution is -0.123. The van der Waals surface area contributed by atoms with Crippen LogP contribution in [0.2, 0.25) is 0 Å². The van der Waals surface area contributed by atoms with E-state index in [-0.39, 0.29) is 11.8 Å². The highest BCUT2D eigenvalue weighted by Gasteiger charge is 2.24. The molecular formula is C21H32N4O4. The van der Waals surface area contributed by atoms with Gasteiger partial charge in [0.1, 0.15) is 11.6 Å². The summed E-state index contributed by atoms with van der Waals surface area (Å²) in [6.07, 6.45) is 10.5. The lowest BCUT2D eigenvalue weighted by Crippen LogP contribution is -2.48. The third kappa shape index (κ3) is 10.9. The number of likely N-dealkylation sites (N-methyl/N-ethyl adjacent to an activating group) is 1. The van der Waals surface area contributed by atoms with Crippen molar-refractivity contribution in [2.75, 3.05) is 6.54 Å². The van der Waals surface area contributed by atoms with E-state index in [1.807, 2.05) is 31.2 Å². The Labute approximate surface area is 172 Å². The summed E-state index contributed by atoms with van der Waals surface area (Å²) < 4.78 is 5.27. The molecule has 0 spiro atoms. The molecule has 0 heterocycles. The molecule has 1 aliphatic rings. The highest BCUT2D eigenvalue weighted by atomic mass is 16.6. The van der Waals surface area contributed by atoms with Crippen LogP contribution in [0.4, 0.5) is 4.79 Å². The van der Waals surface area contributed by atoms with Crippen molar-refractivity contribution in [1.82, 2.24) is 16.1 Å². The van der Waals surface area contributed by atoms with E-state index >= 15 is 0 Å². The summed E-state index contributed by atoms with van der Waals surface area (Å²) in [7, 11) is 0. The fraction of sp³-hybridized carbons (Fsp3) is 0.524. The van der Waals surface area contributed by atoms with Gasteiger partial charge in [-0.3, -0.25) is 9.59 Å². The molecule has 0 fully saturated rings. The molecule has 3 amide bonds. The van der Waals surface area contributed by atoms with E-state index in [4.69, 9.17) is 4.74 Å². The number of hydrogen-bond acceptors (Lipinski definition) is 5. The molecule has 160 valence electrons. The predicted molar refractivity (Wildman–Crippen MR) is 113 cm³/mol. The van der Waals surface area contributed by atoms with Crippen molar-refractivity contribution in [3.05, 3.63) is 35.5 Å². The molecular weight excluding hydrogens is 372 g/mol. The van der Waals surface area contributed by atoms with Gasteiger partial charge >= 0.3 is 6.09 Å². The van der Waals surface area contributed by atoms with Crippen molar-refractivity contribution in [2.24, 2.45) is 5.10 Å². The molecule has 0 aliphatic heterocycles. The van der Waals surface area contributed by atoms with Gasteiger partial charge in [0.25, 0.3) is 0 Å². The summed E-state index contributed by atoms with van der Waals surface area (Å²) in [5.74, 6) is -0.466. The van der Waals surface area contributed by atoms with Crippen LogP contribution in [0.5, 0.6) is 0 Å². The third-order valence-electron chi connectivity index (χ3n) is 3.75. The van der Waals surface area contributed by atoms with Gasteiger partial charge in [-0.05, 0) is 52.5 Å². The Bertz CT molecular complexity index is 715. The lowest BCUT2D eigenvalue weighted by atomic mass is 10.0. The minimum absolute atomic E-state index is 0.232. The van der Waals surface area contributed by atoms with Gasteiger partial charge in [-0.25, -0.2) is 10.2 Å². The van der Waals surface area contributed by atoms with Crippen LogP contribution in [0.1, 0.15) is 53.9 Å². The van der Waals surface area contributed by atoms with E-state index in [0.29, 0.717) is 19.4 Å². The fourth-order valence-electron chi connectivity index (χ4n) is 2.50. The number of carbonyl (C=O) groups excluding carboxylic acids is 3. The van der Waals surface area contributed by atoms with E-state index in [9.17, 15) is 14.4 Å². The maximum absolute atomic E-state index is 12.3. The van der Waals surface area contributed by atoms with Gasteiger partial charge in [-0.15, -0.1) is 0 Å². The average Bonchev–Trinajstić information content (AvgIpc) is 2.82. The van der Waals surface area contributed by atoms with Crippen LogP contribution in [0.15, 0.2) is 40.6 Å². The van der Waals surface area contributed by atoms with Crippen LogP contribution in [0, 0.1) is 0 Å². The number of alkyl carbamates (subject to hydrolysis) is 1. The second-order valence-electron chi connectivity index (χ2n) is 7.66. The number of hydrogen-bond donors (Lipinski definition) is 3. The molecule has 0 aromatic carbocycles. The molecule has 0 bridgehead atoms. The summed E-state index contributed by atoms with van der Waals surface area (Å²) in [6, 6.07) is -0.678. The number of hydrazone groups is 1. The second kappa shape index (κ2) is 11.8. The summed E-state index contributed by atoms with van der Waals surface area (Å²) in [5, 5.41) is 9.27. The topological polar surface area (TPSA) is 109 Å². The molecule has 0 radical (unpaired) electrons. The van der Waals surface area contributed by atoms with E-state index in [1.165, 1.54) is 6.92 Å². The fourth-order valence-corrected chi connectivity index (χ4v) is 2.50. The summed E-state index contributed by atoms with van der Waals surface area (Å²) in [5.41, 5.74) is 3.69. The SMILES string of the molecule is CCNC(=O)C(CCC1=CC=C(/C=N/NC(C)=O)C=CC1)NC(=O)OC(C)(C)C. The van der Waals surface area contributed by atoms with Gasteiger partial charge in [0.2, 0.25) is 11.8 Å². The van der Waals surface area contributed by atoms with E-state index in [0.717, 1.165) is 17.6 Å². The molecule has 3 N–H and O–H groups in total. The van der Waals surface area contributed by atoms with Gasteiger partial charge in [0.05, 0.1) is 6.21 Å². The Morgan fingerprint density at radius 2 is 2.00 bits per heavy atom. The van der Waals surface area contributed by atoms with Gasteiger partial charge in [0, 0.05) is 13.5 Å². The standard InChI is InChI=1S/C21H32N4O4/c1-6-22-19(27)18(24-20(28)29-21(3,4)5)13-12-16-8-7-9-17(11-10-16)14-23-25-15(2)26/h7,9-11,14,18H,6,8,12-13H2,1-5H3,(H,22,27)(H,24,28)(H,25,26)/b23-14+. The van der Waals surface area contributed by atoms with Gasteiger partial charge in [-0.2, -0.15) is 5.10 Å². The minimum Gasteiger partial charge on any atom is -0.444 e. The van der Waals surface area contributed by atoms with E-state index in [1.54, 1.807) is 27.0 Å². The summed E-state index contributed by atoms with van der Waals surface area (Å²) in [4.78, 5) is 35.3. The van der Waals surface area contributed by atoms with Crippen LogP contribution in [-0.2, 0) is 14.3 Å². The Hall–Kier alpha value is -2.90. The van der Waals surface area contributed by atoms with Crippen LogP contribution >= 0.6 is 0 Å². The van der Waals surface area contributed by atoms with Gasteiger partial charge in [-0.1, -0.05) is 29.9 Å². The Morgan fingerprint density at radius 3 is 2.62 bits per heavy atom. The molecule has 0 aromatic heterocycles. The van der Waals surface area contributed by atoms with Crippen LogP contribution in [0.25, 0.3) is 0 Å². The van der Waals surface area contributed by atoms with Crippen LogP contribution in [-0.4, -0.2) is 42.3 Å². The molecule has 0 saturated heterocycles. The Balaban J connectivity index is 2.73. The largest absolute Gasteiger partial charge is 0.444 e. The highest BCUT2D eigenvalue weighted by molar-refractivity contribution is 5.86. The van der Waals surface area contributed by atoms with Crippen LogP contribution in [0.3, 0.4) is 0 Å². The van der Waals surface area contributed by atoms with Gasteiger partial charge in [0.15, 0.2) is 0 Å². The lowest BCUT2D eigenvalue weighted by Gasteiger charge is -2.23. The first-order chi connectivity index (χ1) is 13.6. The first kappa shape index (κ1) is 24.1. The number of nitrogens with one attached hydrogen (secondary N) is 3. The summed E-state index contributed by atoms with van der Waals surface area (Å²) in [6.45, 7) is 9.02. The molecule has 0 saturated carbocycles. The Morgan fingerprint density at radius 1 is 1.28 bits per heavy atom. The molecule has 1 rings (SSSR count). The minimum atomic E-state index is -0.678. The van der Waals surface area contributed by atoms with E-state index < -0.39 is 17.7 Å². The third-order valence-corrected chi connectivity index (χ3v) is 3.75. The predicted octanol–water partition coefficient (Wildman–Crippen LogP) is 2.73. The maximum atomic E-state index is 12.3. The highest BCUT2D eigenvalue weighted by Crippen LogP contribution is 2.17. The van der Waals surface area contributed by atoms with E-state index in [2.05, 4.69) is 21.2 Å². The number of rotatable bonds is 8. The molecule has 1 atom stereocenters. The van der Waals surface area contributed by atoms with Crippen molar-refractivity contribution < 1.29 is 19.1 Å². The Kier molecular flexibility index (Phi) is 9.85. The zero-order valence-electron chi connectivity index (χ0n) is 17.9. The number of ether oxygens (including phenoxy) is 1. The quantitative estimate of drug-likeness (QED) is 0.427. The number of allylic oxidation sites excluding steroid dienone is 6. The number of nitrogens with zero attached hydrogens (tertiary/aromatic N) is 1. The smallest absolute Gasteiger partial charge is 0.408 e. The first-order valence-corrected chi connectivity index (χ1v) is 9.74. The summed E-state index contributed by atoms with van der Waals surface area (Å²) >= 11 is 0. The molecule has 0 aromatic rings. The molecule has 29 heavy (non-hydrogen) atoms. The van der Waals surface area contributed by atoms with Gasteiger partial charge < -0.3 is 15.4 Å². The monoisotopic (exact) mass is 404 g/mol. The normalized spacial score (nSPS) is 15.1. The average molecular weight is 405 g/mol. The molecule has 8 heteroatoms. The molecule has 1 aliphatic carbocycles.